The van der Waals surface area contributed by atoms with Gasteiger partial charge in [-0.15, -0.1) is 0 Å². The number of rotatable bonds is 3. The minimum atomic E-state index is -4.52. The molecule has 6 aliphatic heterocycles. The second-order valence-electron chi connectivity index (χ2n) is 13.2. The number of aliphatic imine (C=N–C) groups is 1. The van der Waals surface area contributed by atoms with Crippen molar-refractivity contribution >= 4 is 16.1 Å². The van der Waals surface area contributed by atoms with E-state index in [1.165, 1.54) is 0 Å². The quantitative estimate of drug-likeness (QED) is 0.0884. The van der Waals surface area contributed by atoms with Crippen molar-refractivity contribution in [3.8, 4) is 23.3 Å². The third-order valence-electron chi connectivity index (χ3n) is 10.2. The minimum absolute atomic E-state index is 0.0820. The molecule has 0 spiro atoms. The lowest BCUT2D eigenvalue weighted by Crippen LogP contribution is -2.39. The number of nitrogens with two attached hydrogens (primary N) is 2. The molecular weight excluding hydrogens is 630 g/mol. The molecule has 11 heteroatoms. The van der Waals surface area contributed by atoms with Crippen LogP contribution >= 0.6 is 0 Å². The maximum absolute atomic E-state index is 13.4. The van der Waals surface area contributed by atoms with Gasteiger partial charge in [0.25, 0.3) is 10.1 Å². The Morgan fingerprint density at radius 2 is 1.77 bits per heavy atom. The van der Waals surface area contributed by atoms with Crippen molar-refractivity contribution in [3.63, 3.8) is 0 Å². The van der Waals surface area contributed by atoms with Crippen molar-refractivity contribution in [1.29, 1.82) is 0 Å². The van der Waals surface area contributed by atoms with Gasteiger partial charge in [0.15, 0.2) is 5.96 Å². The van der Waals surface area contributed by atoms with E-state index in [1.54, 1.807) is 24.3 Å². The van der Waals surface area contributed by atoms with Crippen LogP contribution < -0.4 is 16.2 Å². The first-order valence-corrected chi connectivity index (χ1v) is 17.8. The lowest BCUT2D eigenvalue weighted by Gasteiger charge is -2.40. The van der Waals surface area contributed by atoms with Crippen molar-refractivity contribution in [2.45, 2.75) is 61.7 Å². The zero-order valence-electron chi connectivity index (χ0n) is 26.3. The number of phenols is 1. The molecule has 3 aromatic rings. The van der Waals surface area contributed by atoms with Gasteiger partial charge in [-0.3, -0.25) is 4.55 Å². The van der Waals surface area contributed by atoms with E-state index in [0.29, 0.717) is 42.6 Å². The molecule has 7 N–H and O–H groups in total. The van der Waals surface area contributed by atoms with Crippen molar-refractivity contribution in [1.82, 2.24) is 0 Å². The monoisotopic (exact) mass is 669 g/mol. The third-order valence-corrected chi connectivity index (χ3v) is 11.6. The summed E-state index contributed by atoms with van der Waals surface area (Å²) >= 11 is 0. The molecule has 10 nitrogen and oxygen atoms in total. The molecule has 8 bridgehead atoms. The second-order valence-corrected chi connectivity index (χ2v) is 14.9. The van der Waals surface area contributed by atoms with Crippen molar-refractivity contribution in [3.05, 3.63) is 106 Å². The number of aliphatic hydroxyl groups excluding tert-OH is 1. The van der Waals surface area contributed by atoms with E-state index >= 15 is 0 Å². The van der Waals surface area contributed by atoms with Gasteiger partial charge in [0, 0.05) is 41.6 Å². The average molecular weight is 670 g/mol. The number of fused-ring (bicyclic) bond motifs is 7. The number of allylic oxidation sites excluding steroid dienone is 1. The summed E-state index contributed by atoms with van der Waals surface area (Å²) in [6.07, 6.45) is 2.43. The fourth-order valence-electron chi connectivity index (χ4n) is 7.98. The maximum Gasteiger partial charge on any atom is 0.268 e. The number of phenolic OH excluding ortho intramolecular Hbond substituents is 1. The predicted molar refractivity (Wildman–Crippen MR) is 181 cm³/mol. The zero-order valence-corrected chi connectivity index (χ0v) is 27.1. The SMILES string of the molecule is NC(N)=N[C@@H]1Oc2ccc(cc2)CC[C@@H](S(=O)(=O)O)[C@H]2C=C3C[C@@H](C[C@H]4O[C@H]3c3ccc(O)cc3C#CC[C@@H]4CO)[C@H]2c2ccc1cc2. The minimum Gasteiger partial charge on any atom is -0.508 e. The maximum atomic E-state index is 13.4. The van der Waals surface area contributed by atoms with Crippen LogP contribution in [-0.4, -0.2) is 47.1 Å². The number of benzene rings is 3. The van der Waals surface area contributed by atoms with Crippen molar-refractivity contribution in [2.75, 3.05) is 6.61 Å². The molecule has 0 unspecified atom stereocenters. The van der Waals surface area contributed by atoms with Gasteiger partial charge in [-0.05, 0) is 78.5 Å². The molecule has 0 aromatic heterocycles. The summed E-state index contributed by atoms with van der Waals surface area (Å²) in [5, 5.41) is 19.7. The van der Waals surface area contributed by atoms with Crippen LogP contribution in [0, 0.1) is 29.6 Å². The van der Waals surface area contributed by atoms with Crippen LogP contribution in [-0.2, 0) is 21.3 Å². The molecule has 0 saturated carbocycles. The van der Waals surface area contributed by atoms with Gasteiger partial charge in [0.2, 0.25) is 6.23 Å². The molecule has 3 aromatic carbocycles. The molecule has 6 heterocycles. The van der Waals surface area contributed by atoms with Gasteiger partial charge < -0.3 is 31.2 Å². The van der Waals surface area contributed by atoms with Crippen LogP contribution in [0.2, 0.25) is 0 Å². The first-order chi connectivity index (χ1) is 23.1. The molecule has 0 radical (unpaired) electrons. The Morgan fingerprint density at radius 3 is 2.48 bits per heavy atom. The smallest absolute Gasteiger partial charge is 0.268 e. The summed E-state index contributed by atoms with van der Waals surface area (Å²) < 4.78 is 50.7. The Labute approximate surface area is 280 Å². The summed E-state index contributed by atoms with van der Waals surface area (Å²) in [5.41, 5.74) is 16.4. The highest BCUT2D eigenvalue weighted by Crippen LogP contribution is 2.53. The van der Waals surface area contributed by atoms with Crippen LogP contribution in [0.5, 0.6) is 11.5 Å². The van der Waals surface area contributed by atoms with E-state index in [9.17, 15) is 23.2 Å². The fourth-order valence-corrected chi connectivity index (χ4v) is 9.05. The van der Waals surface area contributed by atoms with Gasteiger partial charge in [-0.1, -0.05) is 60.4 Å². The van der Waals surface area contributed by atoms with Crippen LogP contribution in [0.1, 0.15) is 71.8 Å². The summed E-state index contributed by atoms with van der Waals surface area (Å²) in [5.74, 6) is 5.63. The molecule has 0 amide bonds. The zero-order chi connectivity index (χ0) is 33.6. The summed E-state index contributed by atoms with van der Waals surface area (Å²) in [6.45, 7) is -0.124. The second kappa shape index (κ2) is 12.9. The molecular formula is C37H39N3O7S. The fraction of sp³-hybridized carbons (Fsp3) is 0.378. The number of aliphatic hydroxyl groups is 1. The van der Waals surface area contributed by atoms with E-state index in [-0.39, 0.29) is 48.6 Å². The topological polar surface area (TPSA) is 178 Å². The van der Waals surface area contributed by atoms with Gasteiger partial charge in [-0.2, -0.15) is 8.42 Å². The Hall–Kier alpha value is -4.34. The first kappa shape index (κ1) is 32.2. The molecule has 1 saturated heterocycles. The lowest BCUT2D eigenvalue weighted by atomic mass is 9.65. The number of nitrogens with zero attached hydrogens (tertiary/aromatic N) is 1. The van der Waals surface area contributed by atoms with Crippen molar-refractivity contribution < 1.29 is 32.7 Å². The van der Waals surface area contributed by atoms with Gasteiger partial charge in [0.1, 0.15) is 17.6 Å². The summed E-state index contributed by atoms with van der Waals surface area (Å²) in [4.78, 5) is 4.33. The molecule has 8 atom stereocenters. The van der Waals surface area contributed by atoms with E-state index < -0.39 is 33.6 Å². The molecule has 48 heavy (non-hydrogen) atoms. The number of hydrogen-bond acceptors (Lipinski definition) is 7. The van der Waals surface area contributed by atoms with Gasteiger partial charge >= 0.3 is 0 Å². The van der Waals surface area contributed by atoms with E-state index in [2.05, 4.69) is 16.8 Å². The normalized spacial score (nSPS) is 29.3. The Bertz CT molecular complexity index is 1910. The molecule has 250 valence electrons. The summed E-state index contributed by atoms with van der Waals surface area (Å²) in [6, 6.07) is 20.1. The summed E-state index contributed by atoms with van der Waals surface area (Å²) in [7, 11) is -4.52. The highest BCUT2D eigenvalue weighted by atomic mass is 32.2. The number of guanidine groups is 1. The first-order valence-electron chi connectivity index (χ1n) is 16.3. The largest absolute Gasteiger partial charge is 0.508 e. The Morgan fingerprint density at radius 1 is 1.02 bits per heavy atom. The predicted octanol–water partition coefficient (Wildman–Crippen LogP) is 4.49. The average Bonchev–Trinajstić information content (AvgIpc) is 3.14. The lowest BCUT2D eigenvalue weighted by molar-refractivity contribution is -0.0416. The number of aromatic hydroxyl groups is 1. The van der Waals surface area contributed by atoms with Crippen LogP contribution in [0.4, 0.5) is 0 Å². The molecule has 7 aliphatic rings. The van der Waals surface area contributed by atoms with E-state index in [0.717, 1.165) is 22.3 Å². The van der Waals surface area contributed by atoms with Crippen LogP contribution in [0.3, 0.4) is 0 Å². The highest BCUT2D eigenvalue weighted by molar-refractivity contribution is 7.86. The Balaban J connectivity index is 1.42. The van der Waals surface area contributed by atoms with Gasteiger partial charge in [0.05, 0.1) is 11.4 Å². The molecule has 10 rings (SSSR count). The number of hydrogen-bond donors (Lipinski definition) is 5. The third kappa shape index (κ3) is 6.41. The van der Waals surface area contributed by atoms with E-state index in [1.807, 2.05) is 48.5 Å². The number of ether oxygens (including phenoxy) is 2. The molecule has 1 aliphatic carbocycles. The Kier molecular flexibility index (Phi) is 8.68. The number of aryl methyl sites for hydroxylation is 1. The van der Waals surface area contributed by atoms with Crippen molar-refractivity contribution in [2.24, 2.45) is 34.2 Å². The van der Waals surface area contributed by atoms with Crippen LogP contribution in [0.25, 0.3) is 0 Å². The van der Waals surface area contributed by atoms with Crippen LogP contribution in [0.15, 0.2) is 83.4 Å². The molecule has 1 fully saturated rings. The van der Waals surface area contributed by atoms with E-state index in [4.69, 9.17) is 20.9 Å². The standard InChI is InChI=1S/C37H39N3O7S/c38-37(39)40-36-23-9-7-22(8-10-23)34-26-16-27(18-31(34)33(48(43,44)45)15-6-21-4-12-29(46-36)13-5-21)35-30-14-11-28(42)17-24(30)2-1-3-25(20-41)32(19-26)47-35/h4-5,7-14,17-18,25-26,31-36,41-42H,3,6,15-16,19-20H2,(H4,38,39,40)(H,43,44,45)/t25-,26+,31-,32-,33-,34-,35-,36-/m1/s1. The highest BCUT2D eigenvalue weighted by Gasteiger charge is 2.47. The van der Waals surface area contributed by atoms with Gasteiger partial charge in [-0.25, -0.2) is 4.99 Å².